The van der Waals surface area contributed by atoms with Gasteiger partial charge in [-0.1, -0.05) is 18.2 Å². The van der Waals surface area contributed by atoms with E-state index in [9.17, 15) is 0 Å². The Balaban J connectivity index is 1.82. The lowest BCUT2D eigenvalue weighted by Gasteiger charge is -2.20. The molecule has 0 aliphatic carbocycles. The number of benzene rings is 1. The maximum Gasteiger partial charge on any atom is 0.123 e. The van der Waals surface area contributed by atoms with Crippen LogP contribution < -0.4 is 10.5 Å². The van der Waals surface area contributed by atoms with Gasteiger partial charge in [-0.05, 0) is 12.5 Å². The molecule has 0 amide bonds. The van der Waals surface area contributed by atoms with Gasteiger partial charge in [0.15, 0.2) is 0 Å². The third-order valence-corrected chi connectivity index (χ3v) is 4.09. The molecule has 1 aliphatic rings. The van der Waals surface area contributed by atoms with Crippen molar-refractivity contribution in [1.29, 1.82) is 0 Å². The van der Waals surface area contributed by atoms with Crippen LogP contribution >= 0.6 is 0 Å². The van der Waals surface area contributed by atoms with Crippen molar-refractivity contribution in [3.63, 3.8) is 0 Å². The zero-order chi connectivity index (χ0) is 14.7. The van der Waals surface area contributed by atoms with Crippen LogP contribution in [-0.4, -0.2) is 29.9 Å². The summed E-state index contributed by atoms with van der Waals surface area (Å²) in [4.78, 5) is 4.27. The Morgan fingerprint density at radius 3 is 3.10 bits per heavy atom. The molecule has 2 unspecified atom stereocenters. The highest BCUT2D eigenvalue weighted by Gasteiger charge is 2.26. The first-order chi connectivity index (χ1) is 10.3. The molecule has 1 aromatic carbocycles. The molecule has 0 radical (unpaired) electrons. The number of rotatable bonds is 5. The average Bonchev–Trinajstić information content (AvgIpc) is 3.18. The molecular weight excluding hydrogens is 266 g/mol. The average molecular weight is 287 g/mol. The van der Waals surface area contributed by atoms with Crippen LogP contribution in [0.25, 0.3) is 0 Å². The molecule has 5 heteroatoms. The summed E-state index contributed by atoms with van der Waals surface area (Å²) in [5.74, 6) is 1.26. The summed E-state index contributed by atoms with van der Waals surface area (Å²) < 4.78 is 12.9. The molecule has 5 nitrogen and oxygen atoms in total. The molecule has 1 aromatic heterocycles. The normalized spacial score (nSPS) is 19.6. The zero-order valence-electron chi connectivity index (χ0n) is 12.2. The van der Waals surface area contributed by atoms with Gasteiger partial charge in [0.25, 0.3) is 0 Å². The molecule has 1 saturated heterocycles. The largest absolute Gasteiger partial charge is 0.496 e. The van der Waals surface area contributed by atoms with Crippen molar-refractivity contribution in [2.75, 3.05) is 20.3 Å². The number of para-hydroxylation sites is 1. The van der Waals surface area contributed by atoms with Crippen LogP contribution in [0.5, 0.6) is 5.75 Å². The second-order valence-electron chi connectivity index (χ2n) is 5.41. The smallest absolute Gasteiger partial charge is 0.123 e. The first kappa shape index (κ1) is 14.1. The maximum atomic E-state index is 6.40. The molecule has 2 atom stereocenters. The van der Waals surface area contributed by atoms with Crippen molar-refractivity contribution in [1.82, 2.24) is 9.55 Å². The Morgan fingerprint density at radius 1 is 1.48 bits per heavy atom. The molecule has 0 spiro atoms. The maximum absolute atomic E-state index is 6.40. The number of nitrogens with zero attached hydrogens (tertiary/aromatic N) is 2. The summed E-state index contributed by atoms with van der Waals surface area (Å²) in [5, 5.41) is 0. The number of aromatic nitrogens is 2. The van der Waals surface area contributed by atoms with Crippen LogP contribution in [0.1, 0.15) is 23.7 Å². The quantitative estimate of drug-likeness (QED) is 0.913. The minimum atomic E-state index is -0.0373. The van der Waals surface area contributed by atoms with Gasteiger partial charge in [0, 0.05) is 24.3 Å². The van der Waals surface area contributed by atoms with E-state index in [-0.39, 0.29) is 6.04 Å². The highest BCUT2D eigenvalue weighted by molar-refractivity contribution is 5.33. The lowest BCUT2D eigenvalue weighted by molar-refractivity contribution is 0.180. The van der Waals surface area contributed by atoms with E-state index >= 15 is 0 Å². The third-order valence-electron chi connectivity index (χ3n) is 4.09. The van der Waals surface area contributed by atoms with Crippen LogP contribution in [0.15, 0.2) is 36.8 Å². The van der Waals surface area contributed by atoms with Crippen molar-refractivity contribution in [2.45, 2.75) is 19.0 Å². The van der Waals surface area contributed by atoms with Gasteiger partial charge in [-0.2, -0.15) is 0 Å². The van der Waals surface area contributed by atoms with E-state index in [0.717, 1.165) is 36.6 Å². The number of ether oxygens (including phenoxy) is 2. The Labute approximate surface area is 124 Å². The first-order valence-electron chi connectivity index (χ1n) is 7.25. The molecule has 0 bridgehead atoms. The van der Waals surface area contributed by atoms with E-state index in [1.807, 2.05) is 30.7 Å². The van der Waals surface area contributed by atoms with Gasteiger partial charge in [-0.3, -0.25) is 0 Å². The van der Waals surface area contributed by atoms with E-state index < -0.39 is 0 Å². The lowest BCUT2D eigenvalue weighted by Crippen LogP contribution is -2.24. The minimum absolute atomic E-state index is 0.0373. The standard InChI is InChI=1S/C16H21N3O2/c1-20-15-5-3-2-4-12(15)9-19-11-18-8-14(19)16(17)13-6-7-21-10-13/h2-5,8,11,13,16H,6-7,9-10,17H2,1H3. The Hall–Kier alpha value is -1.85. The molecular formula is C16H21N3O2. The number of hydrogen-bond donors (Lipinski definition) is 1. The SMILES string of the molecule is COc1ccccc1Cn1cncc1C(N)C1CCOC1. The second-order valence-corrected chi connectivity index (χ2v) is 5.41. The number of methoxy groups -OCH3 is 1. The van der Waals surface area contributed by atoms with Crippen LogP contribution in [0, 0.1) is 5.92 Å². The van der Waals surface area contributed by atoms with Crippen molar-refractivity contribution < 1.29 is 9.47 Å². The summed E-state index contributed by atoms with van der Waals surface area (Å²) in [5.41, 5.74) is 8.57. The van der Waals surface area contributed by atoms with Crippen LogP contribution in [0.2, 0.25) is 0 Å². The lowest BCUT2D eigenvalue weighted by atomic mass is 9.97. The molecule has 3 rings (SSSR count). The number of hydrogen-bond acceptors (Lipinski definition) is 4. The molecule has 112 valence electrons. The zero-order valence-corrected chi connectivity index (χ0v) is 12.2. The number of nitrogens with two attached hydrogens (primary N) is 1. The molecule has 21 heavy (non-hydrogen) atoms. The number of imidazole rings is 1. The van der Waals surface area contributed by atoms with Crippen molar-refractivity contribution >= 4 is 0 Å². The summed E-state index contributed by atoms with van der Waals surface area (Å²) in [6.45, 7) is 2.25. The minimum Gasteiger partial charge on any atom is -0.496 e. The highest BCUT2D eigenvalue weighted by atomic mass is 16.5. The molecule has 1 aliphatic heterocycles. The van der Waals surface area contributed by atoms with Crippen molar-refractivity contribution in [3.05, 3.63) is 48.0 Å². The summed E-state index contributed by atoms with van der Waals surface area (Å²) >= 11 is 0. The summed E-state index contributed by atoms with van der Waals surface area (Å²) in [6.07, 6.45) is 4.71. The van der Waals surface area contributed by atoms with Gasteiger partial charge in [0.2, 0.25) is 0 Å². The Bertz CT molecular complexity index is 591. The topological polar surface area (TPSA) is 62.3 Å². The summed E-state index contributed by atoms with van der Waals surface area (Å²) in [7, 11) is 1.69. The predicted octanol–water partition coefficient (Wildman–Crippen LogP) is 1.98. The van der Waals surface area contributed by atoms with Crippen molar-refractivity contribution in [2.24, 2.45) is 11.7 Å². The summed E-state index contributed by atoms with van der Waals surface area (Å²) in [6, 6.07) is 7.98. The van der Waals surface area contributed by atoms with E-state index in [0.29, 0.717) is 12.5 Å². The van der Waals surface area contributed by atoms with Gasteiger partial charge in [0.05, 0.1) is 38.3 Å². The van der Waals surface area contributed by atoms with Gasteiger partial charge in [-0.15, -0.1) is 0 Å². The Kier molecular flexibility index (Phi) is 4.22. The van der Waals surface area contributed by atoms with Crippen LogP contribution in [0.3, 0.4) is 0 Å². The molecule has 2 N–H and O–H groups in total. The van der Waals surface area contributed by atoms with E-state index in [2.05, 4.69) is 15.6 Å². The molecule has 2 aromatic rings. The van der Waals surface area contributed by atoms with Gasteiger partial charge >= 0.3 is 0 Å². The van der Waals surface area contributed by atoms with Gasteiger partial charge in [0.1, 0.15) is 5.75 Å². The first-order valence-corrected chi connectivity index (χ1v) is 7.25. The van der Waals surface area contributed by atoms with Crippen LogP contribution in [0.4, 0.5) is 0 Å². The molecule has 1 fully saturated rings. The Morgan fingerprint density at radius 2 is 2.33 bits per heavy atom. The molecule has 0 saturated carbocycles. The predicted molar refractivity (Wildman–Crippen MR) is 80.2 cm³/mol. The monoisotopic (exact) mass is 287 g/mol. The van der Waals surface area contributed by atoms with Crippen LogP contribution in [-0.2, 0) is 11.3 Å². The highest BCUT2D eigenvalue weighted by Crippen LogP contribution is 2.27. The van der Waals surface area contributed by atoms with E-state index in [1.54, 1.807) is 7.11 Å². The molecule has 2 heterocycles. The fraction of sp³-hybridized carbons (Fsp3) is 0.438. The van der Waals surface area contributed by atoms with E-state index in [1.165, 1.54) is 0 Å². The fourth-order valence-corrected chi connectivity index (χ4v) is 2.84. The van der Waals surface area contributed by atoms with Gasteiger partial charge in [-0.25, -0.2) is 4.98 Å². The third kappa shape index (κ3) is 2.94. The van der Waals surface area contributed by atoms with Crippen molar-refractivity contribution in [3.8, 4) is 5.75 Å². The van der Waals surface area contributed by atoms with Gasteiger partial charge < -0.3 is 19.8 Å². The van der Waals surface area contributed by atoms with E-state index in [4.69, 9.17) is 15.2 Å². The fourth-order valence-electron chi connectivity index (χ4n) is 2.84. The second kappa shape index (κ2) is 6.28.